The van der Waals surface area contributed by atoms with Crippen LogP contribution in [0.2, 0.25) is 0 Å². The van der Waals surface area contributed by atoms with E-state index in [1.807, 2.05) is 36.4 Å². The highest BCUT2D eigenvalue weighted by molar-refractivity contribution is 5.85. The average Bonchev–Trinajstić information content (AvgIpc) is 3.09. The van der Waals surface area contributed by atoms with Gasteiger partial charge in [-0.1, -0.05) is 30.3 Å². The number of ether oxygens (including phenoxy) is 1. The van der Waals surface area contributed by atoms with Gasteiger partial charge < -0.3 is 30.3 Å². The Balaban J connectivity index is 1.60. The van der Waals surface area contributed by atoms with Crippen LogP contribution in [0.3, 0.4) is 0 Å². The summed E-state index contributed by atoms with van der Waals surface area (Å²) in [6.07, 6.45) is 1.87. The number of aromatic nitrogens is 1. The molecule has 7 nitrogen and oxygen atoms in total. The van der Waals surface area contributed by atoms with Crippen LogP contribution >= 0.6 is 0 Å². The Morgan fingerprint density at radius 3 is 2.59 bits per heavy atom. The van der Waals surface area contributed by atoms with Crippen LogP contribution in [0.5, 0.6) is 5.75 Å². The number of hydrogen-bond acceptors (Lipinski definition) is 4. The summed E-state index contributed by atoms with van der Waals surface area (Å²) in [6.45, 7) is 0.267. The average molecular weight is 366 g/mol. The van der Waals surface area contributed by atoms with Crippen molar-refractivity contribution in [1.29, 1.82) is 0 Å². The van der Waals surface area contributed by atoms with Crippen molar-refractivity contribution < 1.29 is 19.4 Å². The number of carbonyl (C=O) groups is 2. The summed E-state index contributed by atoms with van der Waals surface area (Å²) in [4.78, 5) is 26.7. The van der Waals surface area contributed by atoms with Crippen molar-refractivity contribution in [2.75, 3.05) is 7.11 Å². The summed E-state index contributed by atoms with van der Waals surface area (Å²) in [5.41, 5.74) is 2.58. The number of aromatic amines is 1. The van der Waals surface area contributed by atoms with Crippen LogP contribution in [0.1, 0.15) is 11.1 Å². The molecule has 0 unspecified atom stereocenters. The molecule has 7 heteroatoms. The number of carboxylic acid groups (broad SMARTS) is 1. The Morgan fingerprint density at radius 2 is 1.89 bits per heavy atom. The zero-order valence-corrected chi connectivity index (χ0v) is 14.8. The van der Waals surface area contributed by atoms with E-state index in [0.717, 1.165) is 27.8 Å². The van der Waals surface area contributed by atoms with E-state index in [1.54, 1.807) is 25.4 Å². The third-order valence-corrected chi connectivity index (χ3v) is 4.30. The molecule has 0 fully saturated rings. The summed E-state index contributed by atoms with van der Waals surface area (Å²) < 4.78 is 5.08. The highest BCUT2D eigenvalue weighted by Crippen LogP contribution is 2.19. The van der Waals surface area contributed by atoms with Crippen LogP contribution in [0, 0.1) is 0 Å². The van der Waals surface area contributed by atoms with Crippen molar-refractivity contribution in [2.45, 2.75) is 19.0 Å². The number of benzene rings is 2. The van der Waals surface area contributed by atoms with Crippen LogP contribution in [0.15, 0.2) is 54.7 Å². The van der Waals surface area contributed by atoms with Crippen molar-refractivity contribution in [3.63, 3.8) is 0 Å². The van der Waals surface area contributed by atoms with Gasteiger partial charge in [0.2, 0.25) is 0 Å². The maximum Gasteiger partial charge on any atom is 0.315 e. The molecule has 3 rings (SSSR count). The summed E-state index contributed by atoms with van der Waals surface area (Å²) in [7, 11) is 1.58. The van der Waals surface area contributed by atoms with Crippen molar-refractivity contribution >= 4 is 22.9 Å². The van der Waals surface area contributed by atoms with E-state index in [4.69, 9.17) is 4.74 Å². The number of methoxy groups -OCH3 is 1. The summed E-state index contributed by atoms with van der Waals surface area (Å²) >= 11 is 0. The Morgan fingerprint density at radius 1 is 1.15 bits per heavy atom. The Kier molecular flexibility index (Phi) is 5.61. The molecule has 1 atom stereocenters. The van der Waals surface area contributed by atoms with E-state index in [-0.39, 0.29) is 13.0 Å². The summed E-state index contributed by atoms with van der Waals surface area (Å²) in [5.74, 6) is -0.612. The smallest absolute Gasteiger partial charge is 0.315 e. The maximum absolute atomic E-state index is 12.1. The van der Waals surface area contributed by atoms with Gasteiger partial charge in [0.15, 0.2) is 0 Å². The van der Waals surface area contributed by atoms with Crippen molar-refractivity contribution in [1.82, 2.24) is 15.6 Å². The molecule has 0 radical (unpaired) electrons. The third-order valence-electron chi connectivity index (χ3n) is 4.30. The Labute approximate surface area is 156 Å². The second-order valence-electron chi connectivity index (χ2n) is 6.11. The lowest BCUT2D eigenvalue weighted by Crippen LogP contribution is -2.51. The van der Waals surface area contributed by atoms with Crippen molar-refractivity contribution in [2.24, 2.45) is 0 Å². The lowest BCUT2D eigenvalue weighted by Gasteiger charge is -2.20. The number of amides is 2. The predicted octanol–water partition coefficient (Wildman–Crippen LogP) is 1.34. The molecule has 0 aliphatic carbocycles. The van der Waals surface area contributed by atoms with Crippen molar-refractivity contribution in [3.05, 3.63) is 65.9 Å². The fourth-order valence-electron chi connectivity index (χ4n) is 2.85. The molecule has 2 aromatic carbocycles. The quantitative estimate of drug-likeness (QED) is 0.586. The molecule has 0 aliphatic rings. The monoisotopic (exact) mass is 366 g/mol. The first kappa shape index (κ1) is 18.3. The number of urea groups is 1. The number of carbonyl (C=O) groups excluding carboxylic acids is 2. The lowest BCUT2D eigenvalue weighted by atomic mass is 10.1. The number of rotatable bonds is 7. The predicted molar refractivity (Wildman–Crippen MR) is 99.2 cm³/mol. The lowest BCUT2D eigenvalue weighted by molar-refractivity contribution is -0.308. The number of carboxylic acids is 1. The summed E-state index contributed by atoms with van der Waals surface area (Å²) in [5, 5.41) is 17.5. The molecule has 140 valence electrons. The van der Waals surface area contributed by atoms with E-state index in [0.29, 0.717) is 0 Å². The molecule has 3 N–H and O–H groups in total. The molecule has 0 spiro atoms. The van der Waals surface area contributed by atoms with Crippen molar-refractivity contribution in [3.8, 4) is 5.75 Å². The fourth-order valence-corrected chi connectivity index (χ4v) is 2.85. The second-order valence-corrected chi connectivity index (χ2v) is 6.11. The van der Waals surface area contributed by atoms with Crippen LogP contribution in [-0.4, -0.2) is 30.1 Å². The van der Waals surface area contributed by atoms with Gasteiger partial charge in [0.1, 0.15) is 5.75 Å². The molecule has 1 heterocycles. The molecule has 3 aromatic rings. The molecule has 2 amide bonds. The molecule has 0 saturated carbocycles. The third kappa shape index (κ3) is 4.58. The normalized spacial score (nSPS) is 11.7. The van der Waals surface area contributed by atoms with E-state index >= 15 is 0 Å². The van der Waals surface area contributed by atoms with Crippen LogP contribution in [0.25, 0.3) is 10.9 Å². The largest absolute Gasteiger partial charge is 0.548 e. The molecule has 0 saturated heterocycles. The fraction of sp³-hybridized carbons (Fsp3) is 0.200. The van der Waals surface area contributed by atoms with Gasteiger partial charge in [-0.2, -0.15) is 0 Å². The first-order valence-corrected chi connectivity index (χ1v) is 8.50. The molecule has 0 bridgehead atoms. The van der Waals surface area contributed by atoms with Crippen LogP contribution < -0.4 is 20.5 Å². The second kappa shape index (κ2) is 8.27. The van der Waals surface area contributed by atoms with Gasteiger partial charge >= 0.3 is 6.03 Å². The molecule has 0 aliphatic heterocycles. The summed E-state index contributed by atoms with van der Waals surface area (Å²) in [6, 6.07) is 13.1. The number of para-hydroxylation sites is 1. The Bertz CT molecular complexity index is 934. The topological polar surface area (TPSA) is 106 Å². The molecular weight excluding hydrogens is 346 g/mol. The van der Waals surface area contributed by atoms with E-state index in [2.05, 4.69) is 15.6 Å². The van der Waals surface area contributed by atoms with Crippen LogP contribution in [0.4, 0.5) is 4.79 Å². The first-order valence-electron chi connectivity index (χ1n) is 8.50. The van der Waals surface area contributed by atoms with Gasteiger partial charge in [-0.05, 0) is 29.3 Å². The van der Waals surface area contributed by atoms with Gasteiger partial charge in [0, 0.05) is 30.1 Å². The van der Waals surface area contributed by atoms with Gasteiger partial charge in [-0.3, -0.25) is 0 Å². The number of fused-ring (bicyclic) bond motifs is 1. The minimum atomic E-state index is -1.33. The SMILES string of the molecule is COc1ccc(CNC(=O)N[C@@H](Cc2c[nH]c3ccccc23)C(=O)[O-])cc1. The molecule has 27 heavy (non-hydrogen) atoms. The minimum absolute atomic E-state index is 0.127. The zero-order chi connectivity index (χ0) is 19.2. The number of aliphatic carboxylic acids is 1. The van der Waals surface area contributed by atoms with Gasteiger partial charge in [-0.15, -0.1) is 0 Å². The highest BCUT2D eigenvalue weighted by Gasteiger charge is 2.16. The molecular formula is C20H20N3O4-. The van der Waals surface area contributed by atoms with Gasteiger partial charge in [0.25, 0.3) is 0 Å². The number of H-pyrrole nitrogens is 1. The highest BCUT2D eigenvalue weighted by atomic mass is 16.5. The maximum atomic E-state index is 12.1. The molecule has 1 aromatic heterocycles. The van der Waals surface area contributed by atoms with E-state index < -0.39 is 18.0 Å². The van der Waals surface area contributed by atoms with Crippen LogP contribution in [-0.2, 0) is 17.8 Å². The minimum Gasteiger partial charge on any atom is -0.548 e. The standard InChI is InChI=1S/C20H21N3O4/c1-27-15-8-6-13(7-9-15)11-22-20(26)23-18(19(24)25)10-14-12-21-17-5-3-2-4-16(14)17/h2-9,12,18,21H,10-11H2,1H3,(H,24,25)(H2,22,23,26)/p-1/t18-/m0/s1. The first-order chi connectivity index (χ1) is 13.1. The number of hydrogen-bond donors (Lipinski definition) is 3. The van der Waals surface area contributed by atoms with Gasteiger partial charge in [0.05, 0.1) is 19.1 Å². The van der Waals surface area contributed by atoms with E-state index in [1.165, 1.54) is 0 Å². The van der Waals surface area contributed by atoms with Gasteiger partial charge in [-0.25, -0.2) is 4.79 Å². The number of nitrogens with one attached hydrogen (secondary N) is 3. The zero-order valence-electron chi connectivity index (χ0n) is 14.8. The Hall–Kier alpha value is -3.48. The van der Waals surface area contributed by atoms with E-state index in [9.17, 15) is 14.7 Å².